The van der Waals surface area contributed by atoms with Gasteiger partial charge in [-0.15, -0.1) is 0 Å². The Kier molecular flexibility index (Phi) is 6.93. The molecular weight excluding hydrogens is 354 g/mol. The van der Waals surface area contributed by atoms with Gasteiger partial charge >= 0.3 is 0 Å². The van der Waals surface area contributed by atoms with Gasteiger partial charge in [0.1, 0.15) is 11.5 Å². The number of phenols is 1. The van der Waals surface area contributed by atoms with Crippen LogP contribution >= 0.6 is 0 Å². The Labute approximate surface area is 166 Å². The van der Waals surface area contributed by atoms with Crippen molar-refractivity contribution >= 4 is 5.91 Å². The quantitative estimate of drug-likeness (QED) is 0.731. The predicted molar refractivity (Wildman–Crippen MR) is 109 cm³/mol. The molecule has 0 radical (unpaired) electrons. The van der Waals surface area contributed by atoms with Gasteiger partial charge in [0.2, 0.25) is 5.91 Å². The summed E-state index contributed by atoms with van der Waals surface area (Å²) in [6.07, 6.45) is 2.63. The topological polar surface area (TPSA) is 67.8 Å². The monoisotopic (exact) mass is 383 g/mol. The minimum Gasteiger partial charge on any atom is -0.508 e. The molecule has 5 nitrogen and oxygen atoms in total. The van der Waals surface area contributed by atoms with Crippen molar-refractivity contribution < 1.29 is 19.4 Å². The minimum absolute atomic E-state index is 0.0000522. The van der Waals surface area contributed by atoms with E-state index in [1.807, 2.05) is 31.2 Å². The molecule has 1 saturated heterocycles. The molecule has 0 saturated carbocycles. The van der Waals surface area contributed by atoms with Crippen molar-refractivity contribution in [2.75, 3.05) is 26.4 Å². The standard InChI is InChI=1S/C23H29NO4/c1-2-28-20-10-8-19(9-11-20)23(13-15-27-16-14-23)17-24-22(26)12-7-18-5-3-4-6-21(18)25/h3-6,8-11,25H,2,7,12-17H2,1H3,(H,24,26). The smallest absolute Gasteiger partial charge is 0.220 e. The van der Waals surface area contributed by atoms with E-state index in [0.717, 1.165) is 24.2 Å². The molecule has 1 heterocycles. The average Bonchev–Trinajstić information content (AvgIpc) is 2.73. The lowest BCUT2D eigenvalue weighted by molar-refractivity contribution is -0.121. The summed E-state index contributed by atoms with van der Waals surface area (Å²) in [5, 5.41) is 13.0. The van der Waals surface area contributed by atoms with Gasteiger partial charge in [-0.2, -0.15) is 0 Å². The minimum atomic E-state index is -0.118. The van der Waals surface area contributed by atoms with Crippen LogP contribution in [0.3, 0.4) is 0 Å². The summed E-state index contributed by atoms with van der Waals surface area (Å²) < 4.78 is 11.1. The van der Waals surface area contributed by atoms with E-state index >= 15 is 0 Å². The maximum atomic E-state index is 12.4. The van der Waals surface area contributed by atoms with Crippen molar-refractivity contribution in [3.63, 3.8) is 0 Å². The van der Waals surface area contributed by atoms with E-state index < -0.39 is 0 Å². The van der Waals surface area contributed by atoms with Crippen molar-refractivity contribution in [2.24, 2.45) is 0 Å². The number of aromatic hydroxyl groups is 1. The molecule has 1 fully saturated rings. The SMILES string of the molecule is CCOc1ccc(C2(CNC(=O)CCc3ccccc3O)CCOCC2)cc1. The molecule has 0 aromatic heterocycles. The summed E-state index contributed by atoms with van der Waals surface area (Å²) in [6.45, 7) is 4.59. The van der Waals surface area contributed by atoms with Crippen LogP contribution in [-0.4, -0.2) is 37.4 Å². The molecule has 150 valence electrons. The lowest BCUT2D eigenvalue weighted by atomic mass is 9.74. The Hall–Kier alpha value is -2.53. The lowest BCUT2D eigenvalue weighted by Gasteiger charge is -2.38. The van der Waals surface area contributed by atoms with E-state index in [9.17, 15) is 9.90 Å². The average molecular weight is 383 g/mol. The molecule has 28 heavy (non-hydrogen) atoms. The van der Waals surface area contributed by atoms with Crippen LogP contribution < -0.4 is 10.1 Å². The van der Waals surface area contributed by atoms with Crippen molar-refractivity contribution in [2.45, 2.75) is 38.0 Å². The number of rotatable bonds is 8. The molecule has 0 spiro atoms. The second-order valence-electron chi connectivity index (χ2n) is 7.26. The van der Waals surface area contributed by atoms with E-state index in [2.05, 4.69) is 17.4 Å². The van der Waals surface area contributed by atoms with Gasteiger partial charge in [-0.05, 0) is 55.5 Å². The molecule has 3 rings (SSSR count). The molecule has 0 bridgehead atoms. The molecule has 1 aliphatic rings. The summed E-state index contributed by atoms with van der Waals surface area (Å²) in [4.78, 5) is 12.4. The number of carbonyl (C=O) groups excluding carboxylic acids is 1. The van der Waals surface area contributed by atoms with Crippen LogP contribution in [0.2, 0.25) is 0 Å². The van der Waals surface area contributed by atoms with Crippen LogP contribution in [0, 0.1) is 0 Å². The summed E-state index contributed by atoms with van der Waals surface area (Å²) in [5.41, 5.74) is 1.89. The fourth-order valence-electron chi connectivity index (χ4n) is 3.73. The molecule has 0 aliphatic carbocycles. The molecule has 2 aromatic carbocycles. The Morgan fingerprint density at radius 3 is 2.54 bits per heavy atom. The lowest BCUT2D eigenvalue weighted by Crippen LogP contribution is -2.44. The molecule has 0 unspecified atom stereocenters. The Morgan fingerprint density at radius 2 is 1.86 bits per heavy atom. The zero-order valence-electron chi connectivity index (χ0n) is 16.4. The second-order valence-corrected chi connectivity index (χ2v) is 7.26. The molecule has 1 amide bonds. The Bertz CT molecular complexity index is 766. The zero-order chi connectivity index (χ0) is 19.8. The molecular formula is C23H29NO4. The number of para-hydroxylation sites is 1. The molecule has 5 heteroatoms. The van der Waals surface area contributed by atoms with Crippen LogP contribution in [0.1, 0.15) is 37.3 Å². The predicted octanol–water partition coefficient (Wildman–Crippen LogP) is 3.59. The first kappa shape index (κ1) is 20.2. The van der Waals surface area contributed by atoms with Gasteiger partial charge in [0.25, 0.3) is 0 Å². The molecule has 2 N–H and O–H groups in total. The normalized spacial score (nSPS) is 15.8. The first-order valence-corrected chi connectivity index (χ1v) is 9.98. The largest absolute Gasteiger partial charge is 0.508 e. The number of amides is 1. The number of nitrogens with one attached hydrogen (secondary N) is 1. The van der Waals surface area contributed by atoms with Crippen LogP contribution in [-0.2, 0) is 21.4 Å². The number of hydrogen-bond donors (Lipinski definition) is 2. The second kappa shape index (κ2) is 9.60. The van der Waals surface area contributed by atoms with Crippen LogP contribution in [0.15, 0.2) is 48.5 Å². The van der Waals surface area contributed by atoms with Gasteiger partial charge < -0.3 is 19.9 Å². The fraction of sp³-hybridized carbons (Fsp3) is 0.435. The number of hydrogen-bond acceptors (Lipinski definition) is 4. The van der Waals surface area contributed by atoms with Gasteiger partial charge in [-0.1, -0.05) is 30.3 Å². The van der Waals surface area contributed by atoms with Crippen LogP contribution in [0.5, 0.6) is 11.5 Å². The van der Waals surface area contributed by atoms with E-state index in [1.165, 1.54) is 5.56 Å². The number of aryl methyl sites for hydroxylation is 1. The third-order valence-electron chi connectivity index (χ3n) is 5.46. The highest BCUT2D eigenvalue weighted by Gasteiger charge is 2.34. The first-order chi connectivity index (χ1) is 13.6. The Balaban J connectivity index is 1.62. The van der Waals surface area contributed by atoms with Gasteiger partial charge in [0, 0.05) is 31.6 Å². The van der Waals surface area contributed by atoms with E-state index in [-0.39, 0.29) is 17.1 Å². The van der Waals surface area contributed by atoms with Crippen molar-refractivity contribution in [3.8, 4) is 11.5 Å². The van der Waals surface area contributed by atoms with Crippen LogP contribution in [0.25, 0.3) is 0 Å². The molecule has 0 atom stereocenters. The summed E-state index contributed by atoms with van der Waals surface area (Å²) >= 11 is 0. The van der Waals surface area contributed by atoms with E-state index in [0.29, 0.717) is 39.2 Å². The fourth-order valence-corrected chi connectivity index (χ4v) is 3.73. The Morgan fingerprint density at radius 1 is 1.14 bits per heavy atom. The molecule has 2 aromatic rings. The highest BCUT2D eigenvalue weighted by atomic mass is 16.5. The number of carbonyl (C=O) groups is 1. The van der Waals surface area contributed by atoms with Gasteiger partial charge in [-0.25, -0.2) is 0 Å². The third kappa shape index (κ3) is 5.04. The first-order valence-electron chi connectivity index (χ1n) is 9.98. The van der Waals surface area contributed by atoms with Crippen LogP contribution in [0.4, 0.5) is 0 Å². The summed E-state index contributed by atoms with van der Waals surface area (Å²) in [5.74, 6) is 1.10. The highest BCUT2D eigenvalue weighted by molar-refractivity contribution is 5.76. The number of benzene rings is 2. The summed E-state index contributed by atoms with van der Waals surface area (Å²) in [7, 11) is 0. The maximum Gasteiger partial charge on any atom is 0.220 e. The molecule has 1 aliphatic heterocycles. The van der Waals surface area contributed by atoms with Crippen molar-refractivity contribution in [1.29, 1.82) is 0 Å². The third-order valence-corrected chi connectivity index (χ3v) is 5.46. The summed E-state index contributed by atoms with van der Waals surface area (Å²) in [6, 6.07) is 15.3. The van der Waals surface area contributed by atoms with Gasteiger partial charge in [-0.3, -0.25) is 4.79 Å². The maximum absolute atomic E-state index is 12.4. The highest BCUT2D eigenvalue weighted by Crippen LogP contribution is 2.35. The zero-order valence-corrected chi connectivity index (χ0v) is 16.4. The van der Waals surface area contributed by atoms with E-state index in [1.54, 1.807) is 12.1 Å². The van der Waals surface area contributed by atoms with Crippen molar-refractivity contribution in [3.05, 3.63) is 59.7 Å². The number of ether oxygens (including phenoxy) is 2. The van der Waals surface area contributed by atoms with Gasteiger partial charge in [0.15, 0.2) is 0 Å². The van der Waals surface area contributed by atoms with Gasteiger partial charge in [0.05, 0.1) is 6.61 Å². The van der Waals surface area contributed by atoms with Crippen molar-refractivity contribution in [1.82, 2.24) is 5.32 Å². The van der Waals surface area contributed by atoms with E-state index in [4.69, 9.17) is 9.47 Å². The number of phenolic OH excluding ortho intramolecular Hbond substituents is 1.